The van der Waals surface area contributed by atoms with Crippen LogP contribution >= 0.6 is 12.2 Å². The van der Waals surface area contributed by atoms with E-state index in [1.54, 1.807) is 0 Å². The Hall–Kier alpha value is -1.23. The van der Waals surface area contributed by atoms with Gasteiger partial charge in [-0.05, 0) is 20.3 Å². The Morgan fingerprint density at radius 2 is 2.18 bits per heavy atom. The summed E-state index contributed by atoms with van der Waals surface area (Å²) in [5, 5.41) is 0. The van der Waals surface area contributed by atoms with Crippen LogP contribution in [0.1, 0.15) is 31.8 Å². The molecule has 0 amide bonds. The smallest absolute Gasteiger partial charge is 0.132 e. The van der Waals surface area contributed by atoms with Gasteiger partial charge >= 0.3 is 0 Å². The highest BCUT2D eigenvalue weighted by Crippen LogP contribution is 2.15. The lowest BCUT2D eigenvalue weighted by atomic mass is 10.2. The van der Waals surface area contributed by atoms with Crippen molar-refractivity contribution in [1.29, 1.82) is 0 Å². The zero-order valence-corrected chi connectivity index (χ0v) is 11.7. The Morgan fingerprint density at radius 3 is 2.71 bits per heavy atom. The highest BCUT2D eigenvalue weighted by Gasteiger charge is 2.13. The third kappa shape index (κ3) is 3.93. The van der Waals surface area contributed by atoms with Crippen molar-refractivity contribution in [2.75, 3.05) is 11.9 Å². The molecule has 94 valence electrons. The first-order chi connectivity index (χ1) is 7.93. The molecule has 1 rings (SSSR count). The van der Waals surface area contributed by atoms with Crippen LogP contribution in [0.5, 0.6) is 0 Å². The molecule has 0 spiro atoms. The Morgan fingerprint density at radius 1 is 1.53 bits per heavy atom. The molecule has 1 aromatic rings. The molecule has 5 heteroatoms. The van der Waals surface area contributed by atoms with E-state index < -0.39 is 0 Å². The zero-order valence-electron chi connectivity index (χ0n) is 10.9. The van der Waals surface area contributed by atoms with Gasteiger partial charge in [0, 0.05) is 31.3 Å². The normalized spacial score (nSPS) is 12.2. The fraction of sp³-hybridized carbons (Fsp3) is 0.583. The molecule has 1 heterocycles. The number of aryl methyl sites for hydroxylation is 2. The highest BCUT2D eigenvalue weighted by molar-refractivity contribution is 7.80. The molecular formula is C12H20N4S. The largest absolute Gasteiger partial charge is 0.393 e. The van der Waals surface area contributed by atoms with Gasteiger partial charge in [0.25, 0.3) is 0 Å². The molecule has 0 saturated heterocycles. The van der Waals surface area contributed by atoms with Gasteiger partial charge in [0.05, 0.1) is 4.99 Å². The summed E-state index contributed by atoms with van der Waals surface area (Å²) in [5.41, 5.74) is 6.62. The molecule has 0 aliphatic heterocycles. The summed E-state index contributed by atoms with van der Waals surface area (Å²) >= 11 is 4.93. The molecule has 1 unspecified atom stereocenters. The molecule has 0 aliphatic rings. The van der Waals surface area contributed by atoms with E-state index in [1.807, 2.05) is 20.0 Å². The minimum absolute atomic E-state index is 0.242. The quantitative estimate of drug-likeness (QED) is 0.811. The summed E-state index contributed by atoms with van der Waals surface area (Å²) in [6, 6.07) is 2.26. The van der Waals surface area contributed by atoms with Crippen LogP contribution in [0.25, 0.3) is 0 Å². The topological polar surface area (TPSA) is 55.0 Å². The fourth-order valence-corrected chi connectivity index (χ4v) is 1.87. The van der Waals surface area contributed by atoms with Crippen LogP contribution in [-0.2, 0) is 6.42 Å². The summed E-state index contributed by atoms with van der Waals surface area (Å²) in [5.74, 6) is 1.73. The first kappa shape index (κ1) is 13.8. The van der Waals surface area contributed by atoms with Crippen LogP contribution in [0.15, 0.2) is 6.07 Å². The molecule has 0 radical (unpaired) electrons. The molecule has 0 aromatic carbocycles. The van der Waals surface area contributed by atoms with Crippen molar-refractivity contribution < 1.29 is 0 Å². The lowest BCUT2D eigenvalue weighted by Crippen LogP contribution is -2.33. The molecule has 1 aromatic heterocycles. The van der Waals surface area contributed by atoms with Crippen molar-refractivity contribution in [2.45, 2.75) is 39.7 Å². The van der Waals surface area contributed by atoms with Crippen LogP contribution in [0.4, 0.5) is 5.82 Å². The van der Waals surface area contributed by atoms with Crippen molar-refractivity contribution >= 4 is 23.0 Å². The van der Waals surface area contributed by atoms with Crippen LogP contribution in [0, 0.1) is 6.92 Å². The SMILES string of the molecule is CCc1cc(N(C)C(C)CC(N)=S)nc(C)n1. The molecule has 17 heavy (non-hydrogen) atoms. The highest BCUT2D eigenvalue weighted by atomic mass is 32.1. The molecule has 0 saturated carbocycles. The lowest BCUT2D eigenvalue weighted by Gasteiger charge is -2.26. The van der Waals surface area contributed by atoms with Gasteiger partial charge in [-0.2, -0.15) is 0 Å². The van der Waals surface area contributed by atoms with Gasteiger partial charge < -0.3 is 10.6 Å². The van der Waals surface area contributed by atoms with E-state index in [1.165, 1.54) is 0 Å². The Kier molecular flexibility index (Phi) is 4.81. The van der Waals surface area contributed by atoms with Gasteiger partial charge in [-0.25, -0.2) is 9.97 Å². The first-order valence-electron chi connectivity index (χ1n) is 5.79. The van der Waals surface area contributed by atoms with Crippen molar-refractivity contribution in [1.82, 2.24) is 9.97 Å². The Labute approximate surface area is 108 Å². The monoisotopic (exact) mass is 252 g/mol. The third-order valence-electron chi connectivity index (χ3n) is 2.76. The van der Waals surface area contributed by atoms with Crippen molar-refractivity contribution in [3.05, 3.63) is 17.6 Å². The van der Waals surface area contributed by atoms with Crippen molar-refractivity contribution in [3.63, 3.8) is 0 Å². The van der Waals surface area contributed by atoms with Crippen LogP contribution in [0.2, 0.25) is 0 Å². The van der Waals surface area contributed by atoms with E-state index in [2.05, 4.69) is 28.7 Å². The van der Waals surface area contributed by atoms with Gasteiger partial charge in [0.2, 0.25) is 0 Å². The number of nitrogens with zero attached hydrogens (tertiary/aromatic N) is 3. The van der Waals surface area contributed by atoms with Gasteiger partial charge in [0.1, 0.15) is 11.6 Å². The second-order valence-corrected chi connectivity index (χ2v) is 4.77. The van der Waals surface area contributed by atoms with Gasteiger partial charge in [-0.15, -0.1) is 0 Å². The number of aromatic nitrogens is 2. The Bertz CT molecular complexity index is 405. The van der Waals surface area contributed by atoms with E-state index >= 15 is 0 Å². The van der Waals surface area contributed by atoms with Crippen molar-refractivity contribution in [2.24, 2.45) is 5.73 Å². The standard InChI is InChI=1S/C12H20N4S/c1-5-10-7-12(15-9(3)14-10)16(4)8(2)6-11(13)17/h7-8H,5-6H2,1-4H3,(H2,13,17). The lowest BCUT2D eigenvalue weighted by molar-refractivity contribution is 0.700. The maximum absolute atomic E-state index is 5.57. The summed E-state index contributed by atoms with van der Waals surface area (Å²) in [6.45, 7) is 6.08. The number of rotatable bonds is 5. The summed E-state index contributed by atoms with van der Waals surface area (Å²) in [7, 11) is 2.00. The van der Waals surface area contributed by atoms with Crippen molar-refractivity contribution in [3.8, 4) is 0 Å². The maximum atomic E-state index is 5.57. The zero-order chi connectivity index (χ0) is 13.0. The van der Waals surface area contributed by atoms with Crippen LogP contribution < -0.4 is 10.6 Å². The molecular weight excluding hydrogens is 232 g/mol. The average Bonchev–Trinajstić information content (AvgIpc) is 2.26. The number of hydrogen-bond acceptors (Lipinski definition) is 4. The fourth-order valence-electron chi connectivity index (χ4n) is 1.63. The third-order valence-corrected chi connectivity index (χ3v) is 2.93. The number of hydrogen-bond donors (Lipinski definition) is 1. The van der Waals surface area contributed by atoms with Crippen LogP contribution in [-0.4, -0.2) is 28.0 Å². The van der Waals surface area contributed by atoms with Gasteiger partial charge in [-0.3, -0.25) is 0 Å². The summed E-state index contributed by atoms with van der Waals surface area (Å²) < 4.78 is 0. The van der Waals surface area contributed by atoms with Gasteiger partial charge in [0.15, 0.2) is 0 Å². The first-order valence-corrected chi connectivity index (χ1v) is 6.20. The predicted molar refractivity (Wildman–Crippen MR) is 75.4 cm³/mol. The van der Waals surface area contributed by atoms with Crippen LogP contribution in [0.3, 0.4) is 0 Å². The number of nitrogens with two attached hydrogens (primary N) is 1. The minimum Gasteiger partial charge on any atom is -0.393 e. The number of anilines is 1. The molecule has 4 nitrogen and oxygen atoms in total. The second kappa shape index (κ2) is 5.91. The summed E-state index contributed by atoms with van der Waals surface area (Å²) in [4.78, 5) is 11.4. The summed E-state index contributed by atoms with van der Waals surface area (Å²) in [6.07, 6.45) is 1.60. The predicted octanol–water partition coefficient (Wildman–Crippen LogP) is 1.85. The van der Waals surface area contributed by atoms with E-state index in [0.717, 1.165) is 23.8 Å². The molecule has 2 N–H and O–H groups in total. The Balaban J connectivity index is 2.91. The maximum Gasteiger partial charge on any atom is 0.132 e. The molecule has 1 atom stereocenters. The minimum atomic E-state index is 0.242. The second-order valence-electron chi connectivity index (χ2n) is 4.25. The van der Waals surface area contributed by atoms with E-state index in [-0.39, 0.29) is 6.04 Å². The number of thiocarbonyl (C=S) groups is 1. The van der Waals surface area contributed by atoms with Gasteiger partial charge in [-0.1, -0.05) is 19.1 Å². The molecule has 0 fully saturated rings. The van der Waals surface area contributed by atoms with E-state index in [9.17, 15) is 0 Å². The molecule has 0 aliphatic carbocycles. The van der Waals surface area contributed by atoms with E-state index in [0.29, 0.717) is 11.4 Å². The molecule has 0 bridgehead atoms. The van der Waals surface area contributed by atoms with E-state index in [4.69, 9.17) is 18.0 Å². The average molecular weight is 252 g/mol.